The second-order valence-electron chi connectivity index (χ2n) is 5.76. The van der Waals surface area contributed by atoms with Crippen LogP contribution < -0.4 is 10.2 Å². The maximum absolute atomic E-state index is 13.7. The Labute approximate surface area is 137 Å². The lowest BCUT2D eigenvalue weighted by molar-refractivity contribution is -0.117. The molecule has 1 aliphatic heterocycles. The number of carbonyl (C=O) groups is 1. The van der Waals surface area contributed by atoms with Gasteiger partial charge in [-0.2, -0.15) is 0 Å². The molecule has 0 atom stereocenters. The number of benzene rings is 3. The summed E-state index contributed by atoms with van der Waals surface area (Å²) >= 11 is 0. The van der Waals surface area contributed by atoms with Crippen molar-refractivity contribution in [2.75, 3.05) is 16.8 Å². The number of rotatable bonds is 2. The zero-order chi connectivity index (χ0) is 16.7. The fraction of sp³-hybridized carbons (Fsp3) is 0.105. The third-order valence-electron chi connectivity index (χ3n) is 4.27. The van der Waals surface area contributed by atoms with Crippen molar-refractivity contribution < 1.29 is 13.6 Å². The molecule has 0 radical (unpaired) electrons. The lowest BCUT2D eigenvalue weighted by Gasteiger charge is -2.30. The Morgan fingerprint density at radius 1 is 1.00 bits per heavy atom. The van der Waals surface area contributed by atoms with E-state index in [2.05, 4.69) is 5.32 Å². The van der Waals surface area contributed by atoms with E-state index in [4.69, 9.17) is 0 Å². The van der Waals surface area contributed by atoms with E-state index in [1.165, 1.54) is 4.90 Å². The zero-order valence-corrected chi connectivity index (χ0v) is 12.7. The van der Waals surface area contributed by atoms with Crippen LogP contribution in [0.25, 0.3) is 10.8 Å². The van der Waals surface area contributed by atoms with E-state index < -0.39 is 11.6 Å². The predicted molar refractivity (Wildman–Crippen MR) is 90.0 cm³/mol. The molecule has 0 unspecified atom stereocenters. The molecule has 3 nitrogen and oxygen atoms in total. The number of anilines is 2. The zero-order valence-electron chi connectivity index (χ0n) is 12.7. The molecule has 4 rings (SSSR count). The highest BCUT2D eigenvalue weighted by Crippen LogP contribution is 2.33. The number of fused-ring (bicyclic) bond motifs is 2. The Hall–Kier alpha value is -2.95. The first-order valence-corrected chi connectivity index (χ1v) is 7.63. The van der Waals surface area contributed by atoms with E-state index in [1.54, 1.807) is 0 Å². The van der Waals surface area contributed by atoms with Gasteiger partial charge in [-0.25, -0.2) is 8.78 Å². The summed E-state index contributed by atoms with van der Waals surface area (Å²) in [6.45, 7) is 0.364. The first-order chi connectivity index (χ1) is 11.6. The van der Waals surface area contributed by atoms with Crippen LogP contribution in [0, 0.1) is 11.6 Å². The van der Waals surface area contributed by atoms with Gasteiger partial charge in [-0.15, -0.1) is 0 Å². The Bertz CT molecular complexity index is 950. The van der Waals surface area contributed by atoms with E-state index in [1.807, 2.05) is 42.5 Å². The van der Waals surface area contributed by atoms with Crippen molar-refractivity contribution in [3.63, 3.8) is 0 Å². The molecular weight excluding hydrogens is 310 g/mol. The van der Waals surface area contributed by atoms with Crippen molar-refractivity contribution in [3.8, 4) is 0 Å². The number of nitrogens with zero attached hydrogens (tertiary/aromatic N) is 1. The molecule has 5 heteroatoms. The molecule has 1 N–H and O–H groups in total. The van der Waals surface area contributed by atoms with E-state index in [0.29, 0.717) is 17.9 Å². The summed E-state index contributed by atoms with van der Waals surface area (Å²) in [6.07, 6.45) is 0. The van der Waals surface area contributed by atoms with Crippen LogP contribution in [0.15, 0.2) is 54.6 Å². The number of nitrogens with one attached hydrogen (secondary N) is 1. The third kappa shape index (κ3) is 2.38. The molecule has 0 saturated carbocycles. The van der Waals surface area contributed by atoms with E-state index in [0.717, 1.165) is 28.5 Å². The van der Waals surface area contributed by atoms with E-state index in [-0.39, 0.29) is 12.5 Å². The third-order valence-corrected chi connectivity index (χ3v) is 4.27. The molecule has 1 amide bonds. The average molecular weight is 324 g/mol. The molecule has 24 heavy (non-hydrogen) atoms. The summed E-state index contributed by atoms with van der Waals surface area (Å²) in [5.41, 5.74) is 1.74. The van der Waals surface area contributed by atoms with Gasteiger partial charge in [0.15, 0.2) is 11.6 Å². The molecular formula is C19H14F2N2O. The minimum atomic E-state index is -0.965. The van der Waals surface area contributed by atoms with Crippen LogP contribution in [-0.4, -0.2) is 12.5 Å². The lowest BCUT2D eigenvalue weighted by Crippen LogP contribution is -2.39. The summed E-state index contributed by atoms with van der Waals surface area (Å²) in [6, 6.07) is 15.9. The normalized spacial score (nSPS) is 13.8. The minimum Gasteiger partial charge on any atom is -0.374 e. The summed E-state index contributed by atoms with van der Waals surface area (Å²) in [7, 11) is 0. The van der Waals surface area contributed by atoms with Crippen molar-refractivity contribution in [2.24, 2.45) is 0 Å². The lowest BCUT2D eigenvalue weighted by atomic mass is 10.0. The number of carbonyl (C=O) groups excluding carboxylic acids is 1. The second kappa shape index (κ2) is 5.60. The molecule has 0 saturated heterocycles. The average Bonchev–Trinajstić information content (AvgIpc) is 2.59. The van der Waals surface area contributed by atoms with Gasteiger partial charge in [0.1, 0.15) is 0 Å². The first kappa shape index (κ1) is 14.6. The van der Waals surface area contributed by atoms with Crippen molar-refractivity contribution in [1.82, 2.24) is 0 Å². The van der Waals surface area contributed by atoms with Gasteiger partial charge in [0.25, 0.3) is 0 Å². The molecule has 0 aromatic heterocycles. The summed E-state index contributed by atoms with van der Waals surface area (Å²) in [5, 5.41) is 4.95. The van der Waals surface area contributed by atoms with Crippen LogP contribution in [0.2, 0.25) is 0 Å². The molecule has 3 aromatic rings. The number of hydrogen-bond donors (Lipinski definition) is 1. The summed E-state index contributed by atoms with van der Waals surface area (Å²) in [4.78, 5) is 13.8. The van der Waals surface area contributed by atoms with Gasteiger partial charge in [0.2, 0.25) is 5.91 Å². The largest absolute Gasteiger partial charge is 0.374 e. The smallest absolute Gasteiger partial charge is 0.246 e. The maximum atomic E-state index is 13.7. The highest BCUT2D eigenvalue weighted by atomic mass is 19.2. The summed E-state index contributed by atoms with van der Waals surface area (Å²) in [5.74, 6) is -2.07. The quantitative estimate of drug-likeness (QED) is 0.770. The van der Waals surface area contributed by atoms with Gasteiger partial charge in [-0.3, -0.25) is 4.79 Å². The van der Waals surface area contributed by atoms with Gasteiger partial charge in [-0.05, 0) is 16.3 Å². The standard InChI is InChI=1S/C19H14F2N2O/c20-15-8-17-18(9-16(15)21)23(19(24)10-22-17)11-13-6-3-5-12-4-1-2-7-14(12)13/h1-9,22H,10-11H2. The first-order valence-electron chi connectivity index (χ1n) is 7.63. The van der Waals surface area contributed by atoms with Gasteiger partial charge in [0.05, 0.1) is 24.5 Å². The molecule has 0 bridgehead atoms. The van der Waals surface area contributed by atoms with Crippen molar-refractivity contribution in [2.45, 2.75) is 6.54 Å². The Morgan fingerprint density at radius 3 is 2.62 bits per heavy atom. The summed E-state index contributed by atoms with van der Waals surface area (Å²) < 4.78 is 27.1. The van der Waals surface area contributed by atoms with Gasteiger partial charge >= 0.3 is 0 Å². The van der Waals surface area contributed by atoms with Crippen molar-refractivity contribution >= 4 is 28.1 Å². The Morgan fingerprint density at radius 2 is 1.75 bits per heavy atom. The van der Waals surface area contributed by atoms with Gasteiger partial charge in [0, 0.05) is 12.1 Å². The van der Waals surface area contributed by atoms with Crippen LogP contribution in [0.4, 0.5) is 20.2 Å². The SMILES string of the molecule is O=C1CNc2cc(F)c(F)cc2N1Cc1cccc2ccccc12. The van der Waals surface area contributed by atoms with Gasteiger partial charge in [-0.1, -0.05) is 42.5 Å². The monoisotopic (exact) mass is 324 g/mol. The Kier molecular flexibility index (Phi) is 3.41. The van der Waals surface area contributed by atoms with E-state index >= 15 is 0 Å². The molecule has 0 aliphatic carbocycles. The predicted octanol–water partition coefficient (Wildman–Crippen LogP) is 4.08. The molecule has 0 spiro atoms. The van der Waals surface area contributed by atoms with Crippen LogP contribution in [0.1, 0.15) is 5.56 Å². The highest BCUT2D eigenvalue weighted by molar-refractivity contribution is 6.03. The van der Waals surface area contributed by atoms with Crippen LogP contribution in [0.5, 0.6) is 0 Å². The van der Waals surface area contributed by atoms with Crippen molar-refractivity contribution in [3.05, 3.63) is 71.8 Å². The maximum Gasteiger partial charge on any atom is 0.246 e. The highest BCUT2D eigenvalue weighted by Gasteiger charge is 2.26. The number of amides is 1. The van der Waals surface area contributed by atoms with Crippen LogP contribution >= 0.6 is 0 Å². The molecule has 1 aliphatic rings. The molecule has 0 fully saturated rings. The van der Waals surface area contributed by atoms with E-state index in [9.17, 15) is 13.6 Å². The molecule has 3 aromatic carbocycles. The van der Waals surface area contributed by atoms with Crippen LogP contribution in [0.3, 0.4) is 0 Å². The van der Waals surface area contributed by atoms with Gasteiger partial charge < -0.3 is 10.2 Å². The minimum absolute atomic E-state index is 0.0584. The fourth-order valence-electron chi connectivity index (χ4n) is 3.08. The second-order valence-corrected chi connectivity index (χ2v) is 5.76. The fourth-order valence-corrected chi connectivity index (χ4v) is 3.08. The Balaban J connectivity index is 1.79. The molecule has 1 heterocycles. The number of hydrogen-bond acceptors (Lipinski definition) is 2. The number of halogens is 2. The van der Waals surface area contributed by atoms with Crippen LogP contribution in [-0.2, 0) is 11.3 Å². The molecule has 120 valence electrons. The topological polar surface area (TPSA) is 32.3 Å². The van der Waals surface area contributed by atoms with Crippen molar-refractivity contribution in [1.29, 1.82) is 0 Å².